The summed E-state index contributed by atoms with van der Waals surface area (Å²) in [7, 11) is 0. The average Bonchev–Trinajstić information content (AvgIpc) is 2.67. The monoisotopic (exact) mass is 210 g/mol. The van der Waals surface area contributed by atoms with E-state index in [1.165, 1.54) is 0 Å². The smallest absolute Gasteiger partial charge is 0.257 e. The minimum Gasteiger partial charge on any atom is -0.508 e. The molecule has 0 atom stereocenters. The lowest BCUT2D eigenvalue weighted by Gasteiger charge is -1.93. The highest BCUT2D eigenvalue weighted by molar-refractivity contribution is 6.16. The first-order valence-corrected chi connectivity index (χ1v) is 4.51. The molecule has 0 aliphatic heterocycles. The summed E-state index contributed by atoms with van der Waals surface area (Å²) in [4.78, 5) is 4.04. The van der Waals surface area contributed by atoms with Crippen LogP contribution >= 0.6 is 11.6 Å². The summed E-state index contributed by atoms with van der Waals surface area (Å²) >= 11 is 5.53. The highest BCUT2D eigenvalue weighted by Gasteiger charge is 2.07. The van der Waals surface area contributed by atoms with Gasteiger partial charge in [-0.15, -0.1) is 11.6 Å². The Balaban J connectivity index is 2.34. The van der Waals surface area contributed by atoms with Gasteiger partial charge in [-0.25, -0.2) is 0 Å². The molecule has 72 valence electrons. The molecule has 0 aliphatic carbocycles. The summed E-state index contributed by atoms with van der Waals surface area (Å²) in [5.74, 6) is 1.28. The van der Waals surface area contributed by atoms with Crippen molar-refractivity contribution in [3.8, 4) is 17.2 Å². The van der Waals surface area contributed by atoms with E-state index in [-0.39, 0.29) is 11.6 Å². The molecular formula is C9H7ClN2O2. The zero-order chi connectivity index (χ0) is 9.97. The van der Waals surface area contributed by atoms with E-state index in [1.54, 1.807) is 24.3 Å². The third-order valence-corrected chi connectivity index (χ3v) is 1.94. The molecule has 2 aromatic rings. The SMILES string of the molecule is Oc1ccc(-c2nc(CCl)no2)cc1. The summed E-state index contributed by atoms with van der Waals surface area (Å²) < 4.78 is 4.95. The van der Waals surface area contributed by atoms with Crippen LogP contribution in [0.25, 0.3) is 11.5 Å². The number of aromatic nitrogens is 2. The van der Waals surface area contributed by atoms with Crippen molar-refractivity contribution in [2.75, 3.05) is 0 Å². The maximum absolute atomic E-state index is 9.07. The normalized spacial score (nSPS) is 10.4. The molecule has 1 aromatic carbocycles. The van der Waals surface area contributed by atoms with E-state index in [4.69, 9.17) is 21.2 Å². The second-order valence-corrected chi connectivity index (χ2v) is 2.96. The highest BCUT2D eigenvalue weighted by atomic mass is 35.5. The van der Waals surface area contributed by atoms with E-state index in [2.05, 4.69) is 10.1 Å². The number of aromatic hydroxyl groups is 1. The van der Waals surface area contributed by atoms with Gasteiger partial charge in [-0.2, -0.15) is 4.98 Å². The summed E-state index contributed by atoms with van der Waals surface area (Å²) in [6, 6.07) is 6.50. The van der Waals surface area contributed by atoms with Crippen molar-refractivity contribution in [2.45, 2.75) is 5.88 Å². The predicted molar refractivity (Wildman–Crippen MR) is 51.0 cm³/mol. The molecule has 5 heteroatoms. The molecule has 1 N–H and O–H groups in total. The molecule has 1 heterocycles. The molecule has 4 nitrogen and oxygen atoms in total. The Hall–Kier alpha value is -1.55. The second kappa shape index (κ2) is 3.67. The van der Waals surface area contributed by atoms with Crippen LogP contribution in [0.1, 0.15) is 5.82 Å². The van der Waals surface area contributed by atoms with Gasteiger partial charge >= 0.3 is 0 Å². The predicted octanol–water partition coefficient (Wildman–Crippen LogP) is 2.18. The van der Waals surface area contributed by atoms with E-state index in [0.717, 1.165) is 5.56 Å². The Morgan fingerprint density at radius 3 is 2.57 bits per heavy atom. The number of phenolic OH excluding ortho intramolecular Hbond substituents is 1. The Morgan fingerprint density at radius 2 is 2.00 bits per heavy atom. The molecule has 0 fully saturated rings. The van der Waals surface area contributed by atoms with Crippen LogP contribution in [-0.4, -0.2) is 15.2 Å². The molecule has 0 unspecified atom stereocenters. The van der Waals surface area contributed by atoms with E-state index in [0.29, 0.717) is 11.7 Å². The van der Waals surface area contributed by atoms with Crippen molar-refractivity contribution in [2.24, 2.45) is 0 Å². The van der Waals surface area contributed by atoms with E-state index >= 15 is 0 Å². The Bertz CT molecular complexity index is 425. The minimum atomic E-state index is 0.200. The first kappa shape index (κ1) is 9.02. The van der Waals surface area contributed by atoms with Crippen LogP contribution < -0.4 is 0 Å². The summed E-state index contributed by atoms with van der Waals surface area (Å²) in [5.41, 5.74) is 0.756. The number of alkyl halides is 1. The average molecular weight is 211 g/mol. The third kappa shape index (κ3) is 1.70. The third-order valence-electron chi connectivity index (χ3n) is 1.70. The van der Waals surface area contributed by atoms with Gasteiger partial charge in [-0.1, -0.05) is 5.16 Å². The van der Waals surface area contributed by atoms with Crippen LogP contribution in [0.4, 0.5) is 0 Å². The number of benzene rings is 1. The molecule has 0 amide bonds. The fourth-order valence-electron chi connectivity index (χ4n) is 1.03. The molecule has 0 bridgehead atoms. The van der Waals surface area contributed by atoms with Crippen molar-refractivity contribution in [1.82, 2.24) is 10.1 Å². The first-order chi connectivity index (χ1) is 6.79. The zero-order valence-corrected chi connectivity index (χ0v) is 7.90. The van der Waals surface area contributed by atoms with Crippen LogP contribution in [0.15, 0.2) is 28.8 Å². The molecule has 0 radical (unpaired) electrons. The topological polar surface area (TPSA) is 59.2 Å². The maximum Gasteiger partial charge on any atom is 0.257 e. The lowest BCUT2D eigenvalue weighted by atomic mass is 10.2. The van der Waals surface area contributed by atoms with Gasteiger partial charge in [0.2, 0.25) is 0 Å². The quantitative estimate of drug-likeness (QED) is 0.772. The van der Waals surface area contributed by atoms with Crippen LogP contribution in [0.5, 0.6) is 5.75 Å². The van der Waals surface area contributed by atoms with Gasteiger partial charge in [0.25, 0.3) is 5.89 Å². The Morgan fingerprint density at radius 1 is 1.29 bits per heavy atom. The van der Waals surface area contributed by atoms with E-state index < -0.39 is 0 Å². The number of phenols is 1. The van der Waals surface area contributed by atoms with Crippen LogP contribution in [-0.2, 0) is 5.88 Å². The highest BCUT2D eigenvalue weighted by Crippen LogP contribution is 2.20. The molecule has 0 saturated carbocycles. The zero-order valence-electron chi connectivity index (χ0n) is 7.14. The number of nitrogens with zero attached hydrogens (tertiary/aromatic N) is 2. The van der Waals surface area contributed by atoms with Gasteiger partial charge in [0.1, 0.15) is 5.75 Å². The van der Waals surface area contributed by atoms with Gasteiger partial charge in [0.05, 0.1) is 5.88 Å². The van der Waals surface area contributed by atoms with Gasteiger partial charge in [-0.05, 0) is 24.3 Å². The summed E-state index contributed by atoms with van der Waals surface area (Å²) in [6.45, 7) is 0. The number of rotatable bonds is 2. The maximum atomic E-state index is 9.07. The first-order valence-electron chi connectivity index (χ1n) is 3.97. The van der Waals surface area contributed by atoms with Gasteiger partial charge in [0, 0.05) is 5.56 Å². The van der Waals surface area contributed by atoms with Crippen LogP contribution in [0.3, 0.4) is 0 Å². The molecule has 2 rings (SSSR count). The van der Waals surface area contributed by atoms with Crippen molar-refractivity contribution < 1.29 is 9.63 Å². The van der Waals surface area contributed by atoms with Crippen molar-refractivity contribution in [3.63, 3.8) is 0 Å². The fraction of sp³-hybridized carbons (Fsp3) is 0.111. The number of hydrogen-bond acceptors (Lipinski definition) is 4. The largest absolute Gasteiger partial charge is 0.508 e. The van der Waals surface area contributed by atoms with Gasteiger partial charge < -0.3 is 9.63 Å². The minimum absolute atomic E-state index is 0.200. The van der Waals surface area contributed by atoms with Crippen molar-refractivity contribution in [1.29, 1.82) is 0 Å². The van der Waals surface area contributed by atoms with Crippen LogP contribution in [0, 0.1) is 0 Å². The van der Waals surface area contributed by atoms with Crippen molar-refractivity contribution >= 4 is 11.6 Å². The fourth-order valence-corrected chi connectivity index (χ4v) is 1.14. The Kier molecular flexibility index (Phi) is 2.37. The van der Waals surface area contributed by atoms with Crippen molar-refractivity contribution in [3.05, 3.63) is 30.1 Å². The molecule has 0 saturated heterocycles. The number of halogens is 1. The molecular weight excluding hydrogens is 204 g/mol. The summed E-state index contributed by atoms with van der Waals surface area (Å²) in [5, 5.41) is 12.7. The van der Waals surface area contributed by atoms with E-state index in [9.17, 15) is 0 Å². The lowest BCUT2D eigenvalue weighted by Crippen LogP contribution is -1.80. The van der Waals surface area contributed by atoms with E-state index in [1.807, 2.05) is 0 Å². The van der Waals surface area contributed by atoms with Crippen LogP contribution in [0.2, 0.25) is 0 Å². The lowest BCUT2D eigenvalue weighted by molar-refractivity contribution is 0.425. The standard InChI is InChI=1S/C9H7ClN2O2/c10-5-8-11-9(14-12-8)6-1-3-7(13)4-2-6/h1-4,13H,5H2. The second-order valence-electron chi connectivity index (χ2n) is 2.70. The molecule has 1 aromatic heterocycles. The van der Waals surface area contributed by atoms with Gasteiger partial charge in [0.15, 0.2) is 5.82 Å². The number of hydrogen-bond donors (Lipinski definition) is 1. The Labute approximate surface area is 85.1 Å². The summed E-state index contributed by atoms with van der Waals surface area (Å²) in [6.07, 6.45) is 0. The van der Waals surface area contributed by atoms with Gasteiger partial charge in [-0.3, -0.25) is 0 Å². The molecule has 0 aliphatic rings. The molecule has 14 heavy (non-hydrogen) atoms. The molecule has 0 spiro atoms.